The average Bonchev–Trinajstić information content (AvgIpc) is 2.87. The molecule has 0 saturated heterocycles. The van der Waals surface area contributed by atoms with E-state index in [1.165, 1.54) is 19.3 Å². The van der Waals surface area contributed by atoms with Gasteiger partial charge in [0, 0.05) is 31.5 Å². The van der Waals surface area contributed by atoms with Gasteiger partial charge in [-0.25, -0.2) is 13.8 Å². The Kier molecular flexibility index (Phi) is 3.50. The number of aromatic amines is 1. The van der Waals surface area contributed by atoms with Gasteiger partial charge < -0.3 is 9.55 Å². The predicted octanol–water partition coefficient (Wildman–Crippen LogP) is 3.82. The van der Waals surface area contributed by atoms with Gasteiger partial charge in [-0.15, -0.1) is 0 Å². The molecule has 2 aromatic rings. The molecule has 6 heteroatoms. The number of hydrogen-bond donors (Lipinski definition) is 1. The van der Waals surface area contributed by atoms with Crippen molar-refractivity contribution in [2.75, 3.05) is 0 Å². The molecule has 0 spiro atoms. The summed E-state index contributed by atoms with van der Waals surface area (Å²) in [5.74, 6) is -1.19. The number of aromatic nitrogens is 3. The summed E-state index contributed by atoms with van der Waals surface area (Å²) in [6, 6.07) is 1.76. The molecule has 0 aromatic carbocycles. The Morgan fingerprint density at radius 3 is 2.65 bits per heavy atom. The maximum absolute atomic E-state index is 13.4. The normalized spacial score (nSPS) is 22.3. The minimum absolute atomic E-state index is 0.0120. The molecule has 2 aliphatic rings. The fourth-order valence-corrected chi connectivity index (χ4v) is 3.75. The largest absolute Gasteiger partial charge is 0.329 e. The van der Waals surface area contributed by atoms with Gasteiger partial charge in [0.25, 0.3) is 5.56 Å². The zero-order valence-electron chi connectivity index (χ0n) is 13.0. The van der Waals surface area contributed by atoms with E-state index in [0.717, 1.165) is 12.2 Å². The Hall–Kier alpha value is -1.72. The number of halogens is 2. The summed E-state index contributed by atoms with van der Waals surface area (Å²) in [6.45, 7) is 0. The number of alkyl halides is 2. The SMILES string of the molecule is O=c1[nH]c(CC2CCC2)nc2c1ccn2C1CCC(F)(F)CC1. The predicted molar refractivity (Wildman–Crippen MR) is 83.9 cm³/mol. The lowest BCUT2D eigenvalue weighted by atomic mass is 9.83. The Labute approximate surface area is 132 Å². The van der Waals surface area contributed by atoms with Gasteiger partial charge in [0.1, 0.15) is 11.5 Å². The first-order valence-electron chi connectivity index (χ1n) is 8.49. The van der Waals surface area contributed by atoms with Crippen molar-refractivity contribution >= 4 is 11.0 Å². The zero-order chi connectivity index (χ0) is 16.0. The molecule has 0 amide bonds. The van der Waals surface area contributed by atoms with Gasteiger partial charge in [0.05, 0.1) is 5.39 Å². The third-order valence-electron chi connectivity index (χ3n) is 5.42. The summed E-state index contributed by atoms with van der Waals surface area (Å²) in [7, 11) is 0. The van der Waals surface area contributed by atoms with Crippen LogP contribution < -0.4 is 5.56 Å². The van der Waals surface area contributed by atoms with E-state index in [-0.39, 0.29) is 24.4 Å². The third-order valence-corrected chi connectivity index (χ3v) is 5.42. The molecule has 2 heterocycles. The van der Waals surface area contributed by atoms with Crippen LogP contribution in [0.4, 0.5) is 8.78 Å². The van der Waals surface area contributed by atoms with Gasteiger partial charge in [-0.05, 0) is 24.8 Å². The number of rotatable bonds is 3. The van der Waals surface area contributed by atoms with Gasteiger partial charge in [0.2, 0.25) is 5.92 Å². The maximum Gasteiger partial charge on any atom is 0.260 e. The van der Waals surface area contributed by atoms with Crippen molar-refractivity contribution in [3.8, 4) is 0 Å². The second-order valence-electron chi connectivity index (χ2n) is 7.06. The summed E-state index contributed by atoms with van der Waals surface area (Å²) >= 11 is 0. The molecule has 0 bridgehead atoms. The highest BCUT2D eigenvalue weighted by Crippen LogP contribution is 2.39. The highest BCUT2D eigenvalue weighted by Gasteiger charge is 2.36. The van der Waals surface area contributed by atoms with Crippen molar-refractivity contribution in [1.29, 1.82) is 0 Å². The first-order valence-corrected chi connectivity index (χ1v) is 8.49. The van der Waals surface area contributed by atoms with Crippen molar-refractivity contribution in [2.24, 2.45) is 5.92 Å². The smallest absolute Gasteiger partial charge is 0.260 e. The molecule has 124 valence electrons. The van der Waals surface area contributed by atoms with Crippen LogP contribution in [0.3, 0.4) is 0 Å². The van der Waals surface area contributed by atoms with Crippen LogP contribution in [-0.4, -0.2) is 20.5 Å². The van der Waals surface area contributed by atoms with Crippen LogP contribution in [0.15, 0.2) is 17.1 Å². The molecule has 0 atom stereocenters. The van der Waals surface area contributed by atoms with E-state index in [4.69, 9.17) is 0 Å². The summed E-state index contributed by atoms with van der Waals surface area (Å²) in [6.07, 6.45) is 6.97. The molecule has 1 N–H and O–H groups in total. The van der Waals surface area contributed by atoms with Crippen LogP contribution in [0.1, 0.15) is 56.8 Å². The van der Waals surface area contributed by atoms with Gasteiger partial charge in [0.15, 0.2) is 0 Å². The van der Waals surface area contributed by atoms with E-state index in [2.05, 4.69) is 9.97 Å². The van der Waals surface area contributed by atoms with Gasteiger partial charge >= 0.3 is 0 Å². The van der Waals surface area contributed by atoms with Gasteiger partial charge in [-0.3, -0.25) is 4.79 Å². The number of H-pyrrole nitrogens is 1. The van der Waals surface area contributed by atoms with Gasteiger partial charge in [-0.1, -0.05) is 19.3 Å². The fraction of sp³-hybridized carbons (Fsp3) is 0.647. The summed E-state index contributed by atoms with van der Waals surface area (Å²) in [5, 5.41) is 0.555. The lowest BCUT2D eigenvalue weighted by Crippen LogP contribution is -2.26. The molecule has 2 saturated carbocycles. The highest BCUT2D eigenvalue weighted by molar-refractivity contribution is 5.75. The van der Waals surface area contributed by atoms with E-state index in [1.807, 2.05) is 10.8 Å². The Balaban J connectivity index is 1.65. The standard InChI is InChI=1S/C17H21F2N3O/c18-17(19)7-4-12(5-8-17)22-9-6-13-15(22)20-14(21-16(13)23)10-11-2-1-3-11/h6,9,11-12H,1-5,7-8,10H2,(H,20,21,23). The fourth-order valence-electron chi connectivity index (χ4n) is 3.75. The lowest BCUT2D eigenvalue weighted by molar-refractivity contribution is -0.0436. The zero-order valence-corrected chi connectivity index (χ0v) is 13.0. The van der Waals surface area contributed by atoms with Crippen molar-refractivity contribution in [1.82, 2.24) is 14.5 Å². The molecule has 0 aliphatic heterocycles. The molecule has 2 fully saturated rings. The van der Waals surface area contributed by atoms with Crippen LogP contribution in [0, 0.1) is 5.92 Å². The van der Waals surface area contributed by atoms with Crippen LogP contribution in [0.25, 0.3) is 11.0 Å². The molecule has 2 aliphatic carbocycles. The van der Waals surface area contributed by atoms with Crippen LogP contribution in [0.5, 0.6) is 0 Å². The van der Waals surface area contributed by atoms with Crippen LogP contribution in [-0.2, 0) is 6.42 Å². The summed E-state index contributed by atoms with van der Waals surface area (Å²) in [4.78, 5) is 19.8. The Morgan fingerprint density at radius 1 is 1.26 bits per heavy atom. The number of hydrogen-bond acceptors (Lipinski definition) is 2. The Bertz CT molecular complexity index is 766. The molecule has 4 rings (SSSR count). The maximum atomic E-state index is 13.4. The molecular weight excluding hydrogens is 300 g/mol. The molecule has 2 aromatic heterocycles. The minimum Gasteiger partial charge on any atom is -0.329 e. The Morgan fingerprint density at radius 2 is 2.00 bits per heavy atom. The van der Waals surface area contributed by atoms with Crippen molar-refractivity contribution in [2.45, 2.75) is 63.3 Å². The first kappa shape index (κ1) is 14.8. The molecule has 23 heavy (non-hydrogen) atoms. The van der Waals surface area contributed by atoms with E-state index < -0.39 is 5.92 Å². The second-order valence-corrected chi connectivity index (χ2v) is 7.06. The number of fused-ring (bicyclic) bond motifs is 1. The lowest BCUT2D eigenvalue weighted by Gasteiger charge is -2.29. The number of nitrogens with zero attached hydrogens (tertiary/aromatic N) is 2. The number of nitrogens with one attached hydrogen (secondary N) is 1. The quantitative estimate of drug-likeness (QED) is 0.934. The van der Waals surface area contributed by atoms with Crippen molar-refractivity contribution in [3.63, 3.8) is 0 Å². The summed E-state index contributed by atoms with van der Waals surface area (Å²) < 4.78 is 28.7. The highest BCUT2D eigenvalue weighted by atomic mass is 19.3. The average molecular weight is 321 g/mol. The molecule has 0 radical (unpaired) electrons. The topological polar surface area (TPSA) is 50.7 Å². The van der Waals surface area contributed by atoms with E-state index in [9.17, 15) is 13.6 Å². The van der Waals surface area contributed by atoms with E-state index in [0.29, 0.717) is 29.8 Å². The van der Waals surface area contributed by atoms with Crippen molar-refractivity contribution in [3.05, 3.63) is 28.4 Å². The van der Waals surface area contributed by atoms with Gasteiger partial charge in [-0.2, -0.15) is 0 Å². The van der Waals surface area contributed by atoms with E-state index in [1.54, 1.807) is 6.07 Å². The van der Waals surface area contributed by atoms with Crippen molar-refractivity contribution < 1.29 is 8.78 Å². The second kappa shape index (κ2) is 5.42. The molecule has 0 unspecified atom stereocenters. The summed E-state index contributed by atoms with van der Waals surface area (Å²) in [5.41, 5.74) is 0.530. The molecule has 4 nitrogen and oxygen atoms in total. The first-order chi connectivity index (χ1) is 11.0. The minimum atomic E-state index is -2.54. The van der Waals surface area contributed by atoms with Crippen LogP contribution in [0.2, 0.25) is 0 Å². The van der Waals surface area contributed by atoms with Crippen LogP contribution >= 0.6 is 0 Å². The monoisotopic (exact) mass is 321 g/mol. The molecular formula is C17H21F2N3O. The van der Waals surface area contributed by atoms with E-state index >= 15 is 0 Å². The third kappa shape index (κ3) is 2.79.